The Kier molecular flexibility index (Phi) is 2.99. The number of aliphatic carboxylic acids is 1. The molecule has 0 aliphatic rings. The first-order valence-corrected chi connectivity index (χ1v) is 4.62. The quantitative estimate of drug-likeness (QED) is 0.820. The third-order valence-electron chi connectivity index (χ3n) is 1.11. The van der Waals surface area contributed by atoms with Crippen molar-refractivity contribution in [3.05, 3.63) is 26.6 Å². The molecule has 1 rings (SSSR count). The smallest absolute Gasteiger partial charge is 0.364 e. The van der Waals surface area contributed by atoms with E-state index in [9.17, 15) is 9.18 Å². The number of halogens is 2. The Hall–Kier alpha value is -0.680. The Balaban J connectivity index is 2.95. The molecule has 0 spiro atoms. The van der Waals surface area contributed by atoms with E-state index in [-0.39, 0.29) is 0 Å². The number of hydrogen-bond acceptors (Lipinski definition) is 2. The average Bonchev–Trinajstić information content (AvgIpc) is 2.36. The molecule has 5 heteroatoms. The number of thiophene rings is 1. The summed E-state index contributed by atoms with van der Waals surface area (Å²) in [4.78, 5) is 10.6. The minimum absolute atomic E-state index is 0.565. The topological polar surface area (TPSA) is 37.3 Å². The van der Waals surface area contributed by atoms with Gasteiger partial charge in [0, 0.05) is 9.35 Å². The number of hydrogen-bond donors (Lipinski definition) is 1. The first kappa shape index (κ1) is 9.41. The van der Waals surface area contributed by atoms with Crippen LogP contribution in [0.15, 0.2) is 21.7 Å². The molecule has 0 aromatic carbocycles. The van der Waals surface area contributed by atoms with Crippen molar-refractivity contribution >= 4 is 39.3 Å². The van der Waals surface area contributed by atoms with E-state index in [1.165, 1.54) is 11.3 Å². The van der Waals surface area contributed by atoms with Gasteiger partial charge in [-0.05, 0) is 33.5 Å². The van der Waals surface area contributed by atoms with Crippen LogP contribution in [0, 0.1) is 0 Å². The highest BCUT2D eigenvalue weighted by Crippen LogP contribution is 2.25. The third kappa shape index (κ3) is 2.15. The zero-order valence-corrected chi connectivity index (χ0v) is 8.15. The molecule has 0 radical (unpaired) electrons. The van der Waals surface area contributed by atoms with Crippen LogP contribution in [-0.2, 0) is 4.79 Å². The van der Waals surface area contributed by atoms with Gasteiger partial charge in [-0.25, -0.2) is 4.79 Å². The molecule has 0 atom stereocenters. The van der Waals surface area contributed by atoms with Gasteiger partial charge in [0.05, 0.1) is 0 Å². The molecule has 0 aliphatic heterocycles. The fraction of sp³-hybridized carbons (Fsp3) is 0. The van der Waals surface area contributed by atoms with Crippen molar-refractivity contribution in [3.63, 3.8) is 0 Å². The Bertz CT molecular complexity index is 332. The third-order valence-corrected chi connectivity index (χ3v) is 2.92. The highest BCUT2D eigenvalue weighted by atomic mass is 79.9. The lowest BCUT2D eigenvalue weighted by molar-refractivity contribution is -0.134. The lowest BCUT2D eigenvalue weighted by Crippen LogP contribution is -1.93. The molecule has 1 aromatic heterocycles. The second-order valence-corrected chi connectivity index (χ2v) is 3.73. The van der Waals surface area contributed by atoms with E-state index in [0.29, 0.717) is 9.35 Å². The van der Waals surface area contributed by atoms with Crippen LogP contribution in [-0.4, -0.2) is 11.1 Å². The van der Waals surface area contributed by atoms with E-state index >= 15 is 0 Å². The summed E-state index contributed by atoms with van der Waals surface area (Å²) < 4.78 is 13.2. The largest absolute Gasteiger partial charge is 0.476 e. The maximum absolute atomic E-state index is 12.5. The molecule has 0 bridgehead atoms. The summed E-state index contributed by atoms with van der Waals surface area (Å²) in [5.41, 5.74) is 0. The minimum atomic E-state index is -1.55. The van der Waals surface area contributed by atoms with Gasteiger partial charge >= 0.3 is 5.97 Å². The minimum Gasteiger partial charge on any atom is -0.476 e. The number of carbonyl (C=O) groups is 1. The summed E-state index contributed by atoms with van der Waals surface area (Å²) in [7, 11) is 0. The van der Waals surface area contributed by atoms with Gasteiger partial charge in [-0.1, -0.05) is 0 Å². The van der Waals surface area contributed by atoms with Crippen molar-refractivity contribution in [2.45, 2.75) is 0 Å². The number of carboxylic acid groups (broad SMARTS) is 1. The molecule has 0 unspecified atom stereocenters. The summed E-state index contributed by atoms with van der Waals surface area (Å²) >= 11 is 4.42. The Morgan fingerprint density at radius 1 is 1.75 bits per heavy atom. The number of rotatable bonds is 2. The normalized spacial score (nSPS) is 11.7. The van der Waals surface area contributed by atoms with E-state index in [2.05, 4.69) is 15.9 Å². The van der Waals surface area contributed by atoms with Crippen LogP contribution in [0.5, 0.6) is 0 Å². The van der Waals surface area contributed by atoms with Gasteiger partial charge in [0.1, 0.15) is 0 Å². The van der Waals surface area contributed by atoms with E-state index in [1.54, 1.807) is 11.4 Å². The van der Waals surface area contributed by atoms with Crippen molar-refractivity contribution in [1.29, 1.82) is 0 Å². The summed E-state index contributed by atoms with van der Waals surface area (Å²) in [6.45, 7) is 0. The molecule has 1 N–H and O–H groups in total. The van der Waals surface area contributed by atoms with Crippen LogP contribution in [0.3, 0.4) is 0 Å². The molecule has 0 amide bonds. The van der Waals surface area contributed by atoms with Gasteiger partial charge in [0.2, 0.25) is 5.83 Å². The van der Waals surface area contributed by atoms with Gasteiger partial charge in [-0.2, -0.15) is 4.39 Å². The summed E-state index contributed by atoms with van der Waals surface area (Å²) in [5, 5.41) is 9.96. The molecule has 64 valence electrons. The molecule has 0 aliphatic carbocycles. The molecule has 0 fully saturated rings. The van der Waals surface area contributed by atoms with Crippen LogP contribution < -0.4 is 0 Å². The van der Waals surface area contributed by atoms with Gasteiger partial charge in [-0.15, -0.1) is 11.3 Å². The van der Waals surface area contributed by atoms with Crippen LogP contribution in [0.1, 0.15) is 4.88 Å². The Morgan fingerprint density at radius 2 is 2.42 bits per heavy atom. The van der Waals surface area contributed by atoms with E-state index in [0.717, 1.165) is 6.08 Å². The maximum Gasteiger partial charge on any atom is 0.364 e. The van der Waals surface area contributed by atoms with E-state index in [1.807, 2.05) is 0 Å². The summed E-state index contributed by atoms with van der Waals surface area (Å²) in [5.74, 6) is -2.70. The highest BCUT2D eigenvalue weighted by Gasteiger charge is 2.07. The predicted molar refractivity (Wildman–Crippen MR) is 48.7 cm³/mol. The number of carboxylic acids is 1. The Morgan fingerprint density at radius 3 is 2.83 bits per heavy atom. The second kappa shape index (κ2) is 3.82. The van der Waals surface area contributed by atoms with Crippen molar-refractivity contribution < 1.29 is 14.3 Å². The van der Waals surface area contributed by atoms with Crippen molar-refractivity contribution in [3.8, 4) is 0 Å². The van der Waals surface area contributed by atoms with Crippen LogP contribution in [0.25, 0.3) is 6.08 Å². The molecular weight excluding hydrogens is 247 g/mol. The molecule has 2 nitrogen and oxygen atoms in total. The Labute approximate surface area is 80.5 Å². The fourth-order valence-corrected chi connectivity index (χ4v) is 1.99. The molecule has 0 saturated carbocycles. The maximum atomic E-state index is 12.5. The predicted octanol–water partition coefficient (Wildman–Crippen LogP) is 2.91. The first-order chi connectivity index (χ1) is 5.61. The summed E-state index contributed by atoms with van der Waals surface area (Å²) in [6.07, 6.45) is 0.983. The van der Waals surface area contributed by atoms with Crippen LogP contribution in [0.4, 0.5) is 4.39 Å². The van der Waals surface area contributed by atoms with E-state index in [4.69, 9.17) is 5.11 Å². The van der Waals surface area contributed by atoms with Crippen molar-refractivity contribution in [2.24, 2.45) is 0 Å². The molecule has 1 aromatic rings. The van der Waals surface area contributed by atoms with Crippen LogP contribution in [0.2, 0.25) is 0 Å². The molecule has 1 heterocycles. The van der Waals surface area contributed by atoms with Crippen molar-refractivity contribution in [2.75, 3.05) is 0 Å². The van der Waals surface area contributed by atoms with Gasteiger partial charge in [0.15, 0.2) is 0 Å². The standard InChI is InChI=1S/C7H4BrFO2S/c8-4-1-2-12-6(4)3-5(9)7(10)11/h1-3H,(H,10,11)/b5-3-. The zero-order valence-electron chi connectivity index (χ0n) is 5.75. The lowest BCUT2D eigenvalue weighted by atomic mass is 10.4. The van der Waals surface area contributed by atoms with Crippen molar-refractivity contribution in [1.82, 2.24) is 0 Å². The monoisotopic (exact) mass is 250 g/mol. The second-order valence-electron chi connectivity index (χ2n) is 1.93. The van der Waals surface area contributed by atoms with E-state index < -0.39 is 11.8 Å². The van der Waals surface area contributed by atoms with Gasteiger partial charge in [0.25, 0.3) is 0 Å². The highest BCUT2D eigenvalue weighted by molar-refractivity contribution is 9.10. The first-order valence-electron chi connectivity index (χ1n) is 2.94. The van der Waals surface area contributed by atoms with Gasteiger partial charge < -0.3 is 5.11 Å². The molecule has 12 heavy (non-hydrogen) atoms. The molecule has 0 saturated heterocycles. The average molecular weight is 251 g/mol. The fourth-order valence-electron chi connectivity index (χ4n) is 0.585. The molecular formula is C7H4BrFO2S. The van der Waals surface area contributed by atoms with Crippen LogP contribution >= 0.6 is 27.3 Å². The summed E-state index contributed by atoms with van der Waals surface area (Å²) in [6, 6.07) is 1.73. The lowest BCUT2D eigenvalue weighted by Gasteiger charge is -1.88. The SMILES string of the molecule is O=C(O)/C(F)=C/c1sccc1Br. The zero-order chi connectivity index (χ0) is 9.14. The van der Waals surface area contributed by atoms with Gasteiger partial charge in [-0.3, -0.25) is 0 Å².